The van der Waals surface area contributed by atoms with Crippen LogP contribution in [0.25, 0.3) is 0 Å². The van der Waals surface area contributed by atoms with Crippen molar-refractivity contribution < 1.29 is 27.4 Å². The number of ether oxygens (including phenoxy) is 2. The molecule has 0 atom stereocenters. The Balaban J connectivity index is 3.20. The number of rotatable bonds is 11. The van der Waals surface area contributed by atoms with E-state index in [1.165, 1.54) is 0 Å². The van der Waals surface area contributed by atoms with Gasteiger partial charge >= 0.3 is 6.18 Å². The number of alkyl halides is 3. The maximum Gasteiger partial charge on any atom is 0.411 e. The van der Waals surface area contributed by atoms with Crippen molar-refractivity contribution in [3.8, 4) is 0 Å². The molecule has 0 aliphatic rings. The molecule has 114 valence electrons. The normalized spacial score (nSPS) is 11.6. The van der Waals surface area contributed by atoms with Crippen molar-refractivity contribution in [1.82, 2.24) is 10.6 Å². The van der Waals surface area contributed by atoms with Gasteiger partial charge in [0.15, 0.2) is 0 Å². The van der Waals surface area contributed by atoms with Crippen LogP contribution in [-0.2, 0) is 14.3 Å². The van der Waals surface area contributed by atoms with Crippen LogP contribution in [0, 0.1) is 0 Å². The van der Waals surface area contributed by atoms with Crippen LogP contribution >= 0.6 is 0 Å². The average molecular weight is 286 g/mol. The highest BCUT2D eigenvalue weighted by Crippen LogP contribution is 2.14. The monoisotopic (exact) mass is 286 g/mol. The van der Waals surface area contributed by atoms with Gasteiger partial charge in [0.05, 0.1) is 6.61 Å². The van der Waals surface area contributed by atoms with Crippen molar-refractivity contribution in [2.75, 3.05) is 46.6 Å². The molecule has 0 fully saturated rings. The largest absolute Gasteiger partial charge is 0.411 e. The lowest BCUT2D eigenvalue weighted by atomic mass is 10.3. The van der Waals surface area contributed by atoms with Gasteiger partial charge in [-0.15, -0.1) is 0 Å². The fourth-order valence-corrected chi connectivity index (χ4v) is 1.19. The van der Waals surface area contributed by atoms with Gasteiger partial charge in [-0.1, -0.05) is 0 Å². The molecule has 0 aromatic carbocycles. The van der Waals surface area contributed by atoms with E-state index in [0.29, 0.717) is 39.1 Å². The van der Waals surface area contributed by atoms with Crippen molar-refractivity contribution >= 4 is 5.91 Å². The molecular formula is C11H21F3N2O3. The van der Waals surface area contributed by atoms with E-state index < -0.39 is 12.8 Å². The first-order chi connectivity index (χ1) is 8.95. The quantitative estimate of drug-likeness (QED) is 0.549. The second-order valence-corrected chi connectivity index (χ2v) is 3.86. The first-order valence-electron chi connectivity index (χ1n) is 6.06. The predicted octanol–water partition coefficient (Wildman–Crippen LogP) is 0.698. The summed E-state index contributed by atoms with van der Waals surface area (Å²) in [5, 5.41) is 5.61. The molecule has 0 heterocycles. The molecule has 0 rings (SSSR count). The molecule has 2 N–H and O–H groups in total. The molecular weight excluding hydrogens is 265 g/mol. The number of carbonyl (C=O) groups is 1. The maximum absolute atomic E-state index is 11.7. The Morgan fingerprint density at radius 2 is 1.89 bits per heavy atom. The molecule has 1 amide bonds. The Hall–Kier alpha value is -0.860. The second kappa shape index (κ2) is 11.0. The average Bonchev–Trinajstić information content (AvgIpc) is 2.31. The topological polar surface area (TPSA) is 59.6 Å². The summed E-state index contributed by atoms with van der Waals surface area (Å²) in [6, 6.07) is 0. The van der Waals surface area contributed by atoms with Gasteiger partial charge in [0.2, 0.25) is 5.91 Å². The van der Waals surface area contributed by atoms with E-state index in [-0.39, 0.29) is 12.5 Å². The van der Waals surface area contributed by atoms with Crippen LogP contribution < -0.4 is 10.6 Å². The number of amides is 1. The van der Waals surface area contributed by atoms with Crippen molar-refractivity contribution in [3.63, 3.8) is 0 Å². The summed E-state index contributed by atoms with van der Waals surface area (Å²) in [6.45, 7) is 0.777. The lowest BCUT2D eigenvalue weighted by Crippen LogP contribution is -2.30. The highest BCUT2D eigenvalue weighted by molar-refractivity contribution is 5.75. The predicted molar refractivity (Wildman–Crippen MR) is 63.9 cm³/mol. The molecule has 0 bridgehead atoms. The highest BCUT2D eigenvalue weighted by atomic mass is 19.4. The van der Waals surface area contributed by atoms with Crippen molar-refractivity contribution in [2.45, 2.75) is 19.0 Å². The van der Waals surface area contributed by atoms with E-state index in [9.17, 15) is 18.0 Å². The van der Waals surface area contributed by atoms with Crippen LogP contribution in [-0.4, -0.2) is 58.6 Å². The van der Waals surface area contributed by atoms with Gasteiger partial charge in [-0.3, -0.25) is 4.79 Å². The van der Waals surface area contributed by atoms with Gasteiger partial charge < -0.3 is 20.1 Å². The van der Waals surface area contributed by atoms with E-state index in [1.54, 1.807) is 7.11 Å². The molecule has 0 spiro atoms. The van der Waals surface area contributed by atoms with Gasteiger partial charge in [0.1, 0.15) is 6.61 Å². The molecule has 0 aromatic rings. The first kappa shape index (κ1) is 18.1. The number of nitrogens with one attached hydrogen (secondary N) is 2. The summed E-state index contributed by atoms with van der Waals surface area (Å²) >= 11 is 0. The zero-order valence-electron chi connectivity index (χ0n) is 11.0. The molecule has 0 aliphatic carbocycles. The molecule has 0 saturated carbocycles. The van der Waals surface area contributed by atoms with Crippen molar-refractivity contribution in [2.24, 2.45) is 0 Å². The zero-order chi connectivity index (χ0) is 14.6. The summed E-state index contributed by atoms with van der Waals surface area (Å²) < 4.78 is 44.3. The molecule has 0 radical (unpaired) electrons. The van der Waals surface area contributed by atoms with Gasteiger partial charge in [0, 0.05) is 33.2 Å². The second-order valence-electron chi connectivity index (χ2n) is 3.86. The number of hydrogen-bond donors (Lipinski definition) is 2. The van der Waals surface area contributed by atoms with Gasteiger partial charge in [0.25, 0.3) is 0 Å². The third-order valence-electron chi connectivity index (χ3n) is 2.07. The van der Waals surface area contributed by atoms with Crippen LogP contribution in [0.4, 0.5) is 13.2 Å². The van der Waals surface area contributed by atoms with Crippen LogP contribution in [0.5, 0.6) is 0 Å². The Bertz CT molecular complexity index is 238. The zero-order valence-corrected chi connectivity index (χ0v) is 11.0. The fourth-order valence-electron chi connectivity index (χ4n) is 1.19. The molecule has 0 unspecified atom stereocenters. The lowest BCUT2D eigenvalue weighted by Gasteiger charge is -2.08. The van der Waals surface area contributed by atoms with E-state index in [2.05, 4.69) is 15.4 Å². The first-order valence-corrected chi connectivity index (χ1v) is 6.06. The van der Waals surface area contributed by atoms with Gasteiger partial charge in [-0.25, -0.2) is 0 Å². The van der Waals surface area contributed by atoms with Crippen molar-refractivity contribution in [1.29, 1.82) is 0 Å². The molecule has 8 heteroatoms. The number of methoxy groups -OCH3 is 1. The Morgan fingerprint density at radius 1 is 1.16 bits per heavy atom. The third kappa shape index (κ3) is 15.1. The van der Waals surface area contributed by atoms with Crippen LogP contribution in [0.3, 0.4) is 0 Å². The van der Waals surface area contributed by atoms with E-state index in [0.717, 1.165) is 0 Å². The maximum atomic E-state index is 11.7. The minimum Gasteiger partial charge on any atom is -0.383 e. The van der Waals surface area contributed by atoms with Gasteiger partial charge in [-0.05, 0) is 13.0 Å². The molecule has 0 aromatic heterocycles. The van der Waals surface area contributed by atoms with E-state index >= 15 is 0 Å². The third-order valence-corrected chi connectivity index (χ3v) is 2.07. The number of carbonyl (C=O) groups excluding carboxylic acids is 1. The van der Waals surface area contributed by atoms with Crippen LogP contribution in [0.2, 0.25) is 0 Å². The lowest BCUT2D eigenvalue weighted by molar-refractivity contribution is -0.173. The molecule has 0 aliphatic heterocycles. The molecule has 0 saturated heterocycles. The number of hydrogen-bond acceptors (Lipinski definition) is 4. The minimum atomic E-state index is -4.27. The Morgan fingerprint density at radius 3 is 2.53 bits per heavy atom. The Labute approximate surface area is 110 Å². The minimum absolute atomic E-state index is 0.0482. The smallest absolute Gasteiger partial charge is 0.383 e. The standard InChI is InChI=1S/C11H21F3N2O3/c1-18-8-6-16-10(17)3-5-15-4-2-7-19-9-11(12,13)14/h15H,2-9H2,1H3,(H,16,17). The van der Waals surface area contributed by atoms with Crippen molar-refractivity contribution in [3.05, 3.63) is 0 Å². The van der Waals surface area contributed by atoms with Gasteiger partial charge in [-0.2, -0.15) is 13.2 Å². The fraction of sp³-hybridized carbons (Fsp3) is 0.909. The van der Waals surface area contributed by atoms with Crippen LogP contribution in [0.1, 0.15) is 12.8 Å². The summed E-state index contributed by atoms with van der Waals surface area (Å²) in [4.78, 5) is 11.2. The van der Waals surface area contributed by atoms with E-state index in [1.807, 2.05) is 0 Å². The summed E-state index contributed by atoms with van der Waals surface area (Å²) in [5.41, 5.74) is 0. The van der Waals surface area contributed by atoms with Crippen LogP contribution in [0.15, 0.2) is 0 Å². The molecule has 5 nitrogen and oxygen atoms in total. The number of halogens is 3. The molecule has 19 heavy (non-hydrogen) atoms. The van der Waals surface area contributed by atoms with E-state index in [4.69, 9.17) is 4.74 Å². The highest BCUT2D eigenvalue weighted by Gasteiger charge is 2.27. The summed E-state index contributed by atoms with van der Waals surface area (Å²) in [6.07, 6.45) is -3.47. The SMILES string of the molecule is COCCNC(=O)CCNCCCOCC(F)(F)F. The summed E-state index contributed by atoms with van der Waals surface area (Å²) in [5.74, 6) is -0.0853. The Kier molecular flexibility index (Phi) is 10.5. The summed E-state index contributed by atoms with van der Waals surface area (Å²) in [7, 11) is 1.55.